The van der Waals surface area contributed by atoms with Gasteiger partial charge in [-0.1, -0.05) is 82.2 Å². The average Bonchev–Trinajstić information content (AvgIpc) is 2.27. The molecule has 2 N–H and O–H groups in total. The van der Waals surface area contributed by atoms with Crippen molar-refractivity contribution >= 4 is 31.9 Å². The van der Waals surface area contributed by atoms with E-state index in [9.17, 15) is 10.2 Å². The summed E-state index contributed by atoms with van der Waals surface area (Å²) in [6.07, 6.45) is 12.0. The van der Waals surface area contributed by atoms with Gasteiger partial charge in [-0.2, -0.15) is 0 Å². The zero-order valence-electron chi connectivity index (χ0n) is 11.0. The van der Waals surface area contributed by atoms with Gasteiger partial charge in [-0.15, -0.1) is 0 Å². The third kappa shape index (κ3) is 2.56. The van der Waals surface area contributed by atoms with Gasteiger partial charge in [0.1, 0.15) is 0 Å². The molecule has 0 aromatic rings. The molecule has 2 aliphatic rings. The van der Waals surface area contributed by atoms with E-state index in [1.807, 2.05) is 38.2 Å². The lowest BCUT2D eigenvalue weighted by molar-refractivity contribution is -0.133. The Kier molecular flexibility index (Phi) is 4.00. The fourth-order valence-electron chi connectivity index (χ4n) is 2.61. The molecule has 19 heavy (non-hydrogen) atoms. The molecule has 2 aliphatic carbocycles. The lowest BCUT2D eigenvalue weighted by Crippen LogP contribution is -2.58. The fourth-order valence-corrected chi connectivity index (χ4v) is 3.77. The molecule has 2 unspecified atom stereocenters. The number of hydrogen-bond acceptors (Lipinski definition) is 2. The summed E-state index contributed by atoms with van der Waals surface area (Å²) in [5.74, 6) is 0. The highest BCUT2D eigenvalue weighted by molar-refractivity contribution is 9.12. The first-order chi connectivity index (χ1) is 8.70. The average molecular weight is 390 g/mol. The van der Waals surface area contributed by atoms with Gasteiger partial charge in [0.05, 0.1) is 11.2 Å². The van der Waals surface area contributed by atoms with Gasteiger partial charge >= 0.3 is 0 Å². The van der Waals surface area contributed by atoms with E-state index in [0.29, 0.717) is 12.8 Å². The van der Waals surface area contributed by atoms with Crippen LogP contribution in [0.2, 0.25) is 0 Å². The highest BCUT2D eigenvalue weighted by Gasteiger charge is 2.54. The topological polar surface area (TPSA) is 40.5 Å². The zero-order chi connectivity index (χ0) is 14.3. The van der Waals surface area contributed by atoms with E-state index >= 15 is 0 Å². The summed E-state index contributed by atoms with van der Waals surface area (Å²) in [6.45, 7) is 3.80. The monoisotopic (exact) mass is 388 g/mol. The van der Waals surface area contributed by atoms with Crippen LogP contribution in [0.1, 0.15) is 26.7 Å². The smallest absolute Gasteiger partial charge is 0.0957 e. The van der Waals surface area contributed by atoms with Crippen molar-refractivity contribution in [3.8, 4) is 0 Å². The van der Waals surface area contributed by atoms with E-state index in [1.54, 1.807) is 12.2 Å². The molecule has 0 aromatic heterocycles. The molecule has 2 nitrogen and oxygen atoms in total. The lowest BCUT2D eigenvalue weighted by Gasteiger charge is -2.51. The summed E-state index contributed by atoms with van der Waals surface area (Å²) < 4.78 is 1.87. The van der Waals surface area contributed by atoms with E-state index in [-0.39, 0.29) is 0 Å². The molecular weight excluding hydrogens is 372 g/mol. The van der Waals surface area contributed by atoms with Crippen molar-refractivity contribution < 1.29 is 10.2 Å². The molecule has 4 heteroatoms. The summed E-state index contributed by atoms with van der Waals surface area (Å²) in [5.41, 5.74) is -2.91. The Morgan fingerprint density at radius 1 is 0.947 bits per heavy atom. The Morgan fingerprint density at radius 3 is 1.63 bits per heavy atom. The minimum Gasteiger partial charge on any atom is -0.385 e. The van der Waals surface area contributed by atoms with E-state index < -0.39 is 16.6 Å². The van der Waals surface area contributed by atoms with Crippen LogP contribution in [0.25, 0.3) is 0 Å². The minimum absolute atomic E-state index is 0.466. The number of halogens is 2. The summed E-state index contributed by atoms with van der Waals surface area (Å²) in [7, 11) is 0. The maximum atomic E-state index is 11.0. The van der Waals surface area contributed by atoms with Crippen LogP contribution in [0.5, 0.6) is 0 Å². The van der Waals surface area contributed by atoms with Crippen molar-refractivity contribution in [3.05, 3.63) is 45.4 Å². The quantitative estimate of drug-likeness (QED) is 0.750. The van der Waals surface area contributed by atoms with Gasteiger partial charge in [0.25, 0.3) is 0 Å². The standard InChI is InChI=1S/C15H18Br2O2/c1-13(2,14(18)7-3-5-11(16)9-14)15(19)8-4-6-12(17)10-15/h3-8,18-19H,9-10H2,1-2H3. The first kappa shape index (κ1) is 15.2. The molecule has 0 spiro atoms. The predicted octanol–water partition coefficient (Wildman–Crippen LogP) is 3.95. The van der Waals surface area contributed by atoms with Crippen LogP contribution in [0.3, 0.4) is 0 Å². The molecular formula is C15H18Br2O2. The minimum atomic E-state index is -1.09. The van der Waals surface area contributed by atoms with Gasteiger partial charge in [-0.3, -0.25) is 0 Å². The van der Waals surface area contributed by atoms with E-state index in [0.717, 1.165) is 8.96 Å². The highest BCUT2D eigenvalue weighted by atomic mass is 79.9. The first-order valence-electron chi connectivity index (χ1n) is 6.23. The van der Waals surface area contributed by atoms with Crippen molar-refractivity contribution in [2.24, 2.45) is 5.41 Å². The maximum absolute atomic E-state index is 11.0. The number of allylic oxidation sites excluding steroid dienone is 4. The van der Waals surface area contributed by atoms with Crippen LogP contribution in [-0.4, -0.2) is 21.4 Å². The fraction of sp³-hybridized carbons (Fsp3) is 0.467. The summed E-state index contributed by atoms with van der Waals surface area (Å²) in [6, 6.07) is 0. The van der Waals surface area contributed by atoms with Crippen molar-refractivity contribution in [3.63, 3.8) is 0 Å². The second-order valence-electron chi connectivity index (χ2n) is 5.77. The van der Waals surface area contributed by atoms with Gasteiger partial charge in [-0.25, -0.2) is 0 Å². The van der Waals surface area contributed by atoms with Crippen LogP contribution in [0, 0.1) is 5.41 Å². The number of rotatable bonds is 2. The van der Waals surface area contributed by atoms with Gasteiger partial charge in [0.15, 0.2) is 0 Å². The Labute approximate surface area is 130 Å². The second kappa shape index (κ2) is 4.99. The Morgan fingerprint density at radius 2 is 1.32 bits per heavy atom. The number of aliphatic hydroxyl groups is 2. The largest absolute Gasteiger partial charge is 0.385 e. The molecule has 0 amide bonds. The van der Waals surface area contributed by atoms with Gasteiger partial charge in [0, 0.05) is 18.3 Å². The molecule has 2 rings (SSSR count). The van der Waals surface area contributed by atoms with E-state index in [4.69, 9.17) is 0 Å². The molecule has 0 saturated carbocycles. The molecule has 0 fully saturated rings. The van der Waals surface area contributed by atoms with Gasteiger partial charge in [-0.05, 0) is 8.96 Å². The van der Waals surface area contributed by atoms with Crippen LogP contribution >= 0.6 is 31.9 Å². The lowest BCUT2D eigenvalue weighted by atomic mass is 9.60. The predicted molar refractivity (Wildman–Crippen MR) is 85.2 cm³/mol. The third-order valence-corrected chi connectivity index (χ3v) is 5.43. The molecule has 0 radical (unpaired) electrons. The Balaban J connectivity index is 2.38. The first-order valence-corrected chi connectivity index (χ1v) is 7.81. The Bertz CT molecular complexity index is 458. The molecule has 0 aromatic carbocycles. The normalized spacial score (nSPS) is 35.1. The SMILES string of the molecule is CC(C)(C1(O)C=CC=C(Br)C1)C1(O)C=CC=C(Br)C1. The van der Waals surface area contributed by atoms with Crippen molar-refractivity contribution in [2.45, 2.75) is 37.9 Å². The summed E-state index contributed by atoms with van der Waals surface area (Å²) in [4.78, 5) is 0. The van der Waals surface area contributed by atoms with E-state index in [1.165, 1.54) is 0 Å². The number of hydrogen-bond donors (Lipinski definition) is 2. The molecule has 0 heterocycles. The van der Waals surface area contributed by atoms with Crippen molar-refractivity contribution in [1.82, 2.24) is 0 Å². The second-order valence-corrected chi connectivity index (χ2v) is 7.81. The van der Waals surface area contributed by atoms with Gasteiger partial charge < -0.3 is 10.2 Å². The van der Waals surface area contributed by atoms with Gasteiger partial charge in [0.2, 0.25) is 0 Å². The Hall–Kier alpha value is -0.160. The molecule has 2 atom stereocenters. The molecule has 0 bridgehead atoms. The van der Waals surface area contributed by atoms with Crippen molar-refractivity contribution in [1.29, 1.82) is 0 Å². The molecule has 104 valence electrons. The van der Waals surface area contributed by atoms with E-state index in [2.05, 4.69) is 31.9 Å². The van der Waals surface area contributed by atoms with Crippen LogP contribution in [0.15, 0.2) is 45.4 Å². The van der Waals surface area contributed by atoms with Crippen LogP contribution < -0.4 is 0 Å². The maximum Gasteiger partial charge on any atom is 0.0957 e. The summed E-state index contributed by atoms with van der Waals surface area (Å²) >= 11 is 6.88. The van der Waals surface area contributed by atoms with Crippen LogP contribution in [-0.2, 0) is 0 Å². The molecule has 0 aliphatic heterocycles. The zero-order valence-corrected chi connectivity index (χ0v) is 14.2. The van der Waals surface area contributed by atoms with Crippen molar-refractivity contribution in [2.75, 3.05) is 0 Å². The summed E-state index contributed by atoms with van der Waals surface area (Å²) in [5, 5.41) is 22.0. The highest BCUT2D eigenvalue weighted by Crippen LogP contribution is 2.51. The third-order valence-electron chi connectivity index (χ3n) is 4.34. The van der Waals surface area contributed by atoms with Crippen LogP contribution in [0.4, 0.5) is 0 Å². The molecule has 0 saturated heterocycles.